The molecule has 1 heterocycles. The van der Waals surface area contributed by atoms with Crippen molar-refractivity contribution in [2.24, 2.45) is 16.7 Å². The van der Waals surface area contributed by atoms with E-state index in [1.807, 2.05) is 0 Å². The van der Waals surface area contributed by atoms with E-state index in [0.29, 0.717) is 10.8 Å². The van der Waals surface area contributed by atoms with Crippen molar-refractivity contribution in [3.63, 3.8) is 0 Å². The number of hydrogen-bond acceptors (Lipinski definition) is 1. The molecule has 14 heavy (non-hydrogen) atoms. The lowest BCUT2D eigenvalue weighted by Crippen LogP contribution is -2.62. The van der Waals surface area contributed by atoms with E-state index in [4.69, 9.17) is 0 Å². The Kier molecular flexibility index (Phi) is 1.99. The summed E-state index contributed by atoms with van der Waals surface area (Å²) in [5.41, 5.74) is 2.46. The predicted octanol–water partition coefficient (Wildman–Crippen LogP) is 3.28. The van der Waals surface area contributed by atoms with Gasteiger partial charge in [0.1, 0.15) is 0 Å². The maximum absolute atomic E-state index is 3.99. The van der Waals surface area contributed by atoms with Crippen molar-refractivity contribution in [2.45, 2.75) is 40.5 Å². The number of hydrogen-bond donors (Lipinski definition) is 0. The lowest BCUT2D eigenvalue weighted by atomic mass is 9.52. The minimum absolute atomic E-state index is 0.523. The normalized spacial score (nSPS) is 25.9. The number of nitrogens with zero attached hydrogens (tertiary/aromatic N) is 1. The molecule has 0 aromatic rings. The molecule has 1 aliphatic heterocycles. The third-order valence-corrected chi connectivity index (χ3v) is 4.18. The largest absolute Gasteiger partial charge is 0.374 e. The second-order valence-corrected chi connectivity index (χ2v) is 6.56. The highest BCUT2D eigenvalue weighted by molar-refractivity contribution is 5.11. The Balaban J connectivity index is 1.83. The molecule has 1 saturated heterocycles. The van der Waals surface area contributed by atoms with Gasteiger partial charge in [-0.05, 0) is 31.1 Å². The fourth-order valence-electron chi connectivity index (χ4n) is 2.89. The van der Waals surface area contributed by atoms with Gasteiger partial charge in [-0.1, -0.05) is 27.4 Å². The number of rotatable bonds is 1. The second-order valence-electron chi connectivity index (χ2n) is 6.56. The van der Waals surface area contributed by atoms with Crippen molar-refractivity contribution >= 4 is 0 Å². The van der Waals surface area contributed by atoms with Crippen LogP contribution in [0.1, 0.15) is 40.5 Å². The Bertz CT molecular complexity index is 245. The maximum atomic E-state index is 3.99. The lowest BCUT2D eigenvalue weighted by molar-refractivity contribution is -0.108. The molecule has 0 bridgehead atoms. The molecular formula is C13H23N. The summed E-state index contributed by atoms with van der Waals surface area (Å²) in [7, 11) is 0. The first-order valence-electron chi connectivity index (χ1n) is 5.73. The molecule has 0 aromatic carbocycles. The summed E-state index contributed by atoms with van der Waals surface area (Å²) >= 11 is 0. The number of allylic oxidation sites excluding steroid dienone is 1. The zero-order chi connectivity index (χ0) is 10.6. The highest BCUT2D eigenvalue weighted by Gasteiger charge is 2.54. The molecule has 0 unspecified atom stereocenters. The summed E-state index contributed by atoms with van der Waals surface area (Å²) in [6, 6.07) is 0. The lowest BCUT2D eigenvalue weighted by Gasteiger charge is -2.62. The first-order valence-corrected chi connectivity index (χ1v) is 5.73. The Morgan fingerprint density at radius 3 is 2.14 bits per heavy atom. The first-order chi connectivity index (χ1) is 6.32. The van der Waals surface area contributed by atoms with Crippen LogP contribution in [0.3, 0.4) is 0 Å². The minimum atomic E-state index is 0.523. The molecule has 1 nitrogen and oxygen atoms in total. The van der Waals surface area contributed by atoms with Gasteiger partial charge in [0.15, 0.2) is 0 Å². The fourth-order valence-corrected chi connectivity index (χ4v) is 2.89. The van der Waals surface area contributed by atoms with Crippen molar-refractivity contribution in [3.8, 4) is 0 Å². The summed E-state index contributed by atoms with van der Waals surface area (Å²) in [5, 5.41) is 0. The molecule has 0 amide bonds. The third kappa shape index (κ3) is 1.47. The van der Waals surface area contributed by atoms with Gasteiger partial charge in [-0.2, -0.15) is 0 Å². The topological polar surface area (TPSA) is 3.24 Å². The molecular weight excluding hydrogens is 170 g/mol. The molecule has 2 fully saturated rings. The number of likely N-dealkylation sites (tertiary alicyclic amines) is 1. The van der Waals surface area contributed by atoms with Crippen molar-refractivity contribution in [3.05, 3.63) is 12.3 Å². The Labute approximate surface area is 88.2 Å². The van der Waals surface area contributed by atoms with Crippen LogP contribution in [0.5, 0.6) is 0 Å². The van der Waals surface area contributed by atoms with Crippen LogP contribution in [0.15, 0.2) is 12.3 Å². The molecule has 1 saturated carbocycles. The molecule has 0 atom stereocenters. The van der Waals surface area contributed by atoms with Crippen LogP contribution in [0.2, 0.25) is 0 Å². The molecule has 0 radical (unpaired) electrons. The smallest absolute Gasteiger partial charge is 0.0248 e. The zero-order valence-corrected chi connectivity index (χ0v) is 10.1. The summed E-state index contributed by atoms with van der Waals surface area (Å²) in [4.78, 5) is 2.42. The van der Waals surface area contributed by atoms with Gasteiger partial charge in [-0.15, -0.1) is 0 Å². The van der Waals surface area contributed by atoms with Crippen LogP contribution in [0.4, 0.5) is 0 Å². The van der Waals surface area contributed by atoms with E-state index in [0.717, 1.165) is 5.92 Å². The van der Waals surface area contributed by atoms with Gasteiger partial charge in [0.2, 0.25) is 0 Å². The molecule has 1 spiro atoms. The van der Waals surface area contributed by atoms with Crippen LogP contribution >= 0.6 is 0 Å². The van der Waals surface area contributed by atoms with E-state index in [-0.39, 0.29) is 0 Å². The average Bonchev–Trinajstić information content (AvgIpc) is 1.74. The van der Waals surface area contributed by atoms with Gasteiger partial charge in [0.05, 0.1) is 0 Å². The van der Waals surface area contributed by atoms with Crippen LogP contribution in [-0.4, -0.2) is 18.0 Å². The minimum Gasteiger partial charge on any atom is -0.374 e. The van der Waals surface area contributed by atoms with E-state index < -0.39 is 0 Å². The molecule has 1 aliphatic carbocycles. The van der Waals surface area contributed by atoms with E-state index in [1.54, 1.807) is 0 Å². The molecule has 0 aromatic heterocycles. The zero-order valence-electron chi connectivity index (χ0n) is 10.1. The van der Waals surface area contributed by atoms with Gasteiger partial charge < -0.3 is 4.90 Å². The summed E-state index contributed by atoms with van der Waals surface area (Å²) < 4.78 is 0. The van der Waals surface area contributed by atoms with Crippen LogP contribution < -0.4 is 0 Å². The van der Waals surface area contributed by atoms with Crippen molar-refractivity contribution in [1.29, 1.82) is 0 Å². The monoisotopic (exact) mass is 193 g/mol. The van der Waals surface area contributed by atoms with Crippen LogP contribution in [0.25, 0.3) is 0 Å². The SMILES string of the molecule is C=C(C)N1CC2(CC(C(C)(C)C)C2)C1. The fraction of sp³-hybridized carbons (Fsp3) is 0.846. The quantitative estimate of drug-likeness (QED) is 0.618. The Morgan fingerprint density at radius 1 is 1.29 bits per heavy atom. The molecule has 2 rings (SSSR count). The Morgan fingerprint density at radius 2 is 1.79 bits per heavy atom. The first kappa shape index (κ1) is 10.1. The van der Waals surface area contributed by atoms with E-state index in [1.165, 1.54) is 31.6 Å². The van der Waals surface area contributed by atoms with Crippen molar-refractivity contribution in [1.82, 2.24) is 4.90 Å². The highest BCUT2D eigenvalue weighted by atomic mass is 15.2. The second kappa shape index (κ2) is 2.77. The van der Waals surface area contributed by atoms with Gasteiger partial charge >= 0.3 is 0 Å². The van der Waals surface area contributed by atoms with Gasteiger partial charge in [0, 0.05) is 24.2 Å². The Hall–Kier alpha value is -0.460. The van der Waals surface area contributed by atoms with Gasteiger partial charge in [0.25, 0.3) is 0 Å². The van der Waals surface area contributed by atoms with E-state index >= 15 is 0 Å². The predicted molar refractivity (Wildman–Crippen MR) is 61.0 cm³/mol. The maximum Gasteiger partial charge on any atom is 0.0248 e. The van der Waals surface area contributed by atoms with Crippen molar-refractivity contribution in [2.75, 3.05) is 13.1 Å². The van der Waals surface area contributed by atoms with Gasteiger partial charge in [-0.25, -0.2) is 0 Å². The van der Waals surface area contributed by atoms with E-state index in [2.05, 4.69) is 39.2 Å². The highest BCUT2D eigenvalue weighted by Crippen LogP contribution is 2.57. The molecule has 2 aliphatic rings. The molecule has 80 valence electrons. The van der Waals surface area contributed by atoms with E-state index in [9.17, 15) is 0 Å². The van der Waals surface area contributed by atoms with Gasteiger partial charge in [-0.3, -0.25) is 0 Å². The average molecular weight is 193 g/mol. The standard InChI is InChI=1S/C13H23N/c1-10(2)14-8-13(9-14)6-11(7-13)12(3,4)5/h11H,1,6-9H2,2-5H3. The van der Waals surface area contributed by atoms with Crippen molar-refractivity contribution < 1.29 is 0 Å². The summed E-state index contributed by atoms with van der Waals surface area (Å²) in [6.45, 7) is 15.8. The summed E-state index contributed by atoms with van der Waals surface area (Å²) in [6.07, 6.45) is 2.89. The summed E-state index contributed by atoms with van der Waals surface area (Å²) in [5.74, 6) is 0.953. The van der Waals surface area contributed by atoms with Crippen LogP contribution in [-0.2, 0) is 0 Å². The molecule has 1 heteroatoms. The van der Waals surface area contributed by atoms with Crippen LogP contribution in [0, 0.1) is 16.7 Å². The molecule has 0 N–H and O–H groups in total. The third-order valence-electron chi connectivity index (χ3n) is 4.18.